The number of hydrogen-bond acceptors (Lipinski definition) is 3. The van der Waals surface area contributed by atoms with Gasteiger partial charge in [0.05, 0.1) is 5.69 Å². The second kappa shape index (κ2) is 5.14. The number of hydrogen-bond donors (Lipinski definition) is 2. The highest BCUT2D eigenvalue weighted by Crippen LogP contribution is 2.39. The number of aromatic amines is 1. The molecule has 4 aromatic rings. The number of nitrogen functional groups attached to an aromatic ring is 1. The smallest absolute Gasteiger partial charge is 0.220 e. The number of aryl methyl sites for hydroxylation is 2. The minimum absolute atomic E-state index is 0.232. The molecule has 0 saturated carbocycles. The van der Waals surface area contributed by atoms with Gasteiger partial charge in [-0.1, -0.05) is 18.2 Å². The average Bonchev–Trinajstić information content (AvgIpc) is 3.00. The van der Waals surface area contributed by atoms with Gasteiger partial charge < -0.3 is 10.7 Å². The molecule has 0 atom stereocenters. The first-order chi connectivity index (χ1) is 12.2. The number of H-pyrrole nitrogens is 1. The van der Waals surface area contributed by atoms with Gasteiger partial charge in [-0.25, -0.2) is 14.4 Å². The van der Waals surface area contributed by atoms with Crippen molar-refractivity contribution in [2.45, 2.75) is 12.8 Å². The van der Waals surface area contributed by atoms with Gasteiger partial charge in [-0.05, 0) is 53.8 Å². The SMILES string of the molecule is Nc1ncc2c(n1)-c1c([nH]c3ccc(-c4ccc(F)cc4)cc13)CC2. The Morgan fingerprint density at radius 1 is 1.00 bits per heavy atom. The zero-order valence-corrected chi connectivity index (χ0v) is 13.4. The zero-order valence-electron chi connectivity index (χ0n) is 13.4. The monoisotopic (exact) mass is 330 g/mol. The van der Waals surface area contributed by atoms with Crippen molar-refractivity contribution in [3.05, 3.63) is 65.7 Å². The van der Waals surface area contributed by atoms with Crippen LogP contribution < -0.4 is 5.73 Å². The Morgan fingerprint density at radius 3 is 2.64 bits per heavy atom. The maximum Gasteiger partial charge on any atom is 0.220 e. The first-order valence-corrected chi connectivity index (χ1v) is 8.21. The number of fused-ring (bicyclic) bond motifs is 5. The van der Waals surface area contributed by atoms with E-state index in [-0.39, 0.29) is 11.8 Å². The molecule has 0 unspecified atom stereocenters. The molecule has 2 aromatic carbocycles. The first-order valence-electron chi connectivity index (χ1n) is 8.21. The molecule has 2 heterocycles. The summed E-state index contributed by atoms with van der Waals surface area (Å²) in [5, 5.41) is 1.11. The quantitative estimate of drug-likeness (QED) is 0.552. The van der Waals surface area contributed by atoms with Crippen molar-refractivity contribution < 1.29 is 4.39 Å². The second-order valence-corrected chi connectivity index (χ2v) is 6.35. The summed E-state index contributed by atoms with van der Waals surface area (Å²) in [4.78, 5) is 12.1. The van der Waals surface area contributed by atoms with Crippen LogP contribution in [0, 0.1) is 5.82 Å². The standard InChI is InChI=1S/C20H15FN4/c21-14-5-1-11(2-6-14)12-3-7-16-15(9-12)18-17(24-16)8-4-13-10-23-20(22)25-19(13)18/h1-3,5-7,9-10,24H,4,8H2,(H2,22,23,25). The Bertz CT molecular complexity index is 1110. The van der Waals surface area contributed by atoms with Crippen molar-refractivity contribution in [1.82, 2.24) is 15.0 Å². The number of benzene rings is 2. The van der Waals surface area contributed by atoms with E-state index in [0.29, 0.717) is 0 Å². The van der Waals surface area contributed by atoms with Gasteiger partial charge in [-0.3, -0.25) is 0 Å². The molecule has 4 nitrogen and oxygen atoms in total. The summed E-state index contributed by atoms with van der Waals surface area (Å²) in [6.07, 6.45) is 3.65. The van der Waals surface area contributed by atoms with Crippen molar-refractivity contribution in [2.75, 3.05) is 5.73 Å². The molecule has 3 N–H and O–H groups in total. The van der Waals surface area contributed by atoms with Gasteiger partial charge in [-0.2, -0.15) is 0 Å². The molecule has 25 heavy (non-hydrogen) atoms. The molecule has 5 rings (SSSR count). The van der Waals surface area contributed by atoms with Crippen molar-refractivity contribution in [1.29, 1.82) is 0 Å². The van der Waals surface area contributed by atoms with Gasteiger partial charge in [0.1, 0.15) is 5.82 Å². The third kappa shape index (κ3) is 2.20. The highest BCUT2D eigenvalue weighted by atomic mass is 19.1. The Labute approximate surface area is 143 Å². The summed E-state index contributed by atoms with van der Waals surface area (Å²) in [5.41, 5.74) is 13.2. The lowest BCUT2D eigenvalue weighted by molar-refractivity contribution is 0.628. The molecular weight excluding hydrogens is 315 g/mol. The van der Waals surface area contributed by atoms with Crippen LogP contribution in [0.5, 0.6) is 0 Å². The first kappa shape index (κ1) is 14.2. The lowest BCUT2D eigenvalue weighted by Crippen LogP contribution is -2.07. The molecule has 122 valence electrons. The third-order valence-electron chi connectivity index (χ3n) is 4.82. The molecule has 0 saturated heterocycles. The van der Waals surface area contributed by atoms with Crippen molar-refractivity contribution in [2.24, 2.45) is 0 Å². The van der Waals surface area contributed by atoms with Crippen molar-refractivity contribution >= 4 is 16.9 Å². The van der Waals surface area contributed by atoms with E-state index >= 15 is 0 Å². The number of nitrogens with zero attached hydrogens (tertiary/aromatic N) is 2. The molecule has 0 fully saturated rings. The molecule has 0 spiro atoms. The van der Waals surface area contributed by atoms with Crippen LogP contribution in [-0.4, -0.2) is 15.0 Å². The highest BCUT2D eigenvalue weighted by Gasteiger charge is 2.23. The van der Waals surface area contributed by atoms with Crippen molar-refractivity contribution in [3.63, 3.8) is 0 Å². The Hall–Kier alpha value is -3.21. The number of halogens is 1. The van der Waals surface area contributed by atoms with E-state index in [1.54, 1.807) is 12.1 Å². The van der Waals surface area contributed by atoms with E-state index in [1.807, 2.05) is 12.3 Å². The molecule has 0 bridgehead atoms. The van der Waals surface area contributed by atoms with Crippen molar-refractivity contribution in [3.8, 4) is 22.4 Å². The van der Waals surface area contributed by atoms with Crippen LogP contribution in [0.1, 0.15) is 11.3 Å². The van der Waals surface area contributed by atoms with E-state index in [0.717, 1.165) is 51.7 Å². The van der Waals surface area contributed by atoms with Crippen LogP contribution in [0.2, 0.25) is 0 Å². The topological polar surface area (TPSA) is 67.6 Å². The normalized spacial score (nSPS) is 12.8. The number of nitrogens with two attached hydrogens (primary N) is 1. The summed E-state index contributed by atoms with van der Waals surface area (Å²) >= 11 is 0. The van der Waals surface area contributed by atoms with Crippen LogP contribution in [0.3, 0.4) is 0 Å². The third-order valence-corrected chi connectivity index (χ3v) is 4.82. The van der Waals surface area contributed by atoms with Crippen LogP contribution in [0.15, 0.2) is 48.7 Å². The Kier molecular flexibility index (Phi) is 2.91. The van der Waals surface area contributed by atoms with Crippen LogP contribution in [0.4, 0.5) is 10.3 Å². The molecule has 5 heteroatoms. The predicted octanol–water partition coefficient (Wildman–Crippen LogP) is 4.11. The Balaban J connectivity index is 1.75. The van der Waals surface area contributed by atoms with Gasteiger partial charge in [0.25, 0.3) is 0 Å². The largest absolute Gasteiger partial charge is 0.368 e. The summed E-state index contributed by atoms with van der Waals surface area (Å²) in [6.45, 7) is 0. The Morgan fingerprint density at radius 2 is 1.80 bits per heavy atom. The maximum atomic E-state index is 13.2. The molecule has 0 radical (unpaired) electrons. The van der Waals surface area contributed by atoms with Gasteiger partial charge in [0.2, 0.25) is 5.95 Å². The maximum absolute atomic E-state index is 13.2. The van der Waals surface area contributed by atoms with Crippen LogP contribution in [-0.2, 0) is 12.8 Å². The number of rotatable bonds is 1. The van der Waals surface area contributed by atoms with E-state index < -0.39 is 0 Å². The summed E-state index contributed by atoms with van der Waals surface area (Å²) in [6, 6.07) is 12.8. The number of anilines is 1. The van der Waals surface area contributed by atoms with Gasteiger partial charge in [0.15, 0.2) is 0 Å². The van der Waals surface area contributed by atoms with Crippen LogP contribution >= 0.6 is 0 Å². The molecular formula is C20H15FN4. The minimum atomic E-state index is -0.232. The fraction of sp³-hybridized carbons (Fsp3) is 0.100. The van der Waals surface area contributed by atoms with E-state index in [1.165, 1.54) is 17.8 Å². The van der Waals surface area contributed by atoms with Crippen LogP contribution in [0.25, 0.3) is 33.3 Å². The summed E-state index contributed by atoms with van der Waals surface area (Å²) in [5.74, 6) is 0.0561. The molecule has 2 aromatic heterocycles. The summed E-state index contributed by atoms with van der Waals surface area (Å²) < 4.78 is 13.2. The number of nitrogens with one attached hydrogen (secondary N) is 1. The minimum Gasteiger partial charge on any atom is -0.368 e. The van der Waals surface area contributed by atoms with Gasteiger partial charge >= 0.3 is 0 Å². The molecule has 1 aliphatic rings. The van der Waals surface area contributed by atoms with E-state index in [4.69, 9.17) is 5.73 Å². The van der Waals surface area contributed by atoms with E-state index in [9.17, 15) is 4.39 Å². The van der Waals surface area contributed by atoms with Gasteiger partial charge in [0, 0.05) is 28.4 Å². The van der Waals surface area contributed by atoms with Gasteiger partial charge in [-0.15, -0.1) is 0 Å². The zero-order chi connectivity index (χ0) is 17.0. The average molecular weight is 330 g/mol. The second-order valence-electron chi connectivity index (χ2n) is 6.35. The predicted molar refractivity (Wildman–Crippen MR) is 96.5 cm³/mol. The lowest BCUT2D eigenvalue weighted by atomic mass is 9.92. The molecule has 1 aliphatic carbocycles. The summed E-state index contributed by atoms with van der Waals surface area (Å²) in [7, 11) is 0. The molecule has 0 aliphatic heterocycles. The fourth-order valence-corrected chi connectivity index (χ4v) is 3.61. The fourth-order valence-electron chi connectivity index (χ4n) is 3.61. The molecule has 0 amide bonds. The number of aromatic nitrogens is 3. The highest BCUT2D eigenvalue weighted by molar-refractivity contribution is 6.00. The van der Waals surface area contributed by atoms with E-state index in [2.05, 4.69) is 27.1 Å². The lowest BCUT2D eigenvalue weighted by Gasteiger charge is -2.15.